The fraction of sp³-hybridized carbons (Fsp3) is 0.457. The van der Waals surface area contributed by atoms with Gasteiger partial charge in [0, 0.05) is 37.1 Å². The van der Waals surface area contributed by atoms with Gasteiger partial charge in [-0.05, 0) is 63.8 Å². The number of nitrogens with one attached hydrogen (secondary N) is 1. The summed E-state index contributed by atoms with van der Waals surface area (Å²) in [5.74, 6) is -0.388. The maximum Gasteiger partial charge on any atom is 0.332 e. The van der Waals surface area contributed by atoms with Gasteiger partial charge in [-0.2, -0.15) is 4.98 Å². The molecule has 6 rings (SSSR count). The molecule has 2 aliphatic heterocycles. The number of esters is 1. The van der Waals surface area contributed by atoms with Gasteiger partial charge >= 0.3 is 12.0 Å². The number of halogens is 1. The van der Waals surface area contributed by atoms with Crippen LogP contribution in [-0.4, -0.2) is 89.2 Å². The van der Waals surface area contributed by atoms with Gasteiger partial charge in [0.25, 0.3) is 0 Å². The number of fused-ring (bicyclic) bond motifs is 3. The van der Waals surface area contributed by atoms with Crippen LogP contribution >= 0.6 is 0 Å². The number of amides is 3. The van der Waals surface area contributed by atoms with Crippen LogP contribution < -0.4 is 14.8 Å². The Morgan fingerprint density at radius 2 is 2.00 bits per heavy atom. The largest absolute Gasteiger partial charge is 0.496 e. The standard InChI is InChI=1S/C35H40FN5O6/c1-5-46-33(43)35-19-23(35)12-8-6-7-9-16-40(3)34(44)41-20-25(18-27(41)31(42)39-35)47-32-26-14-15-28(45-4)21(2)29(26)37-30(38-32)22-11-10-13-24(36)17-22/h8,10-15,17,23,25,27H,5-7,9,16,18-20H2,1-4H3,(H,39,42)/t23-,25-,27+,35-/m1/s1. The molecular weight excluding hydrogens is 605 g/mol. The average molecular weight is 646 g/mol. The van der Waals surface area contributed by atoms with Gasteiger partial charge in [-0.25, -0.2) is 19.0 Å². The van der Waals surface area contributed by atoms with Gasteiger partial charge in [0.1, 0.15) is 29.3 Å². The van der Waals surface area contributed by atoms with E-state index in [2.05, 4.69) is 5.32 Å². The first-order valence-electron chi connectivity index (χ1n) is 16.1. The van der Waals surface area contributed by atoms with Gasteiger partial charge in [-0.3, -0.25) is 4.79 Å². The van der Waals surface area contributed by atoms with Crippen molar-refractivity contribution in [2.75, 3.05) is 33.9 Å². The van der Waals surface area contributed by atoms with Crippen molar-refractivity contribution in [1.29, 1.82) is 0 Å². The summed E-state index contributed by atoms with van der Waals surface area (Å²) in [7, 11) is 3.30. The summed E-state index contributed by atoms with van der Waals surface area (Å²) < 4.78 is 31.6. The highest BCUT2D eigenvalue weighted by Gasteiger charge is 2.62. The predicted molar refractivity (Wildman–Crippen MR) is 172 cm³/mol. The van der Waals surface area contributed by atoms with Crippen molar-refractivity contribution in [3.8, 4) is 23.0 Å². The van der Waals surface area contributed by atoms with Gasteiger partial charge in [-0.15, -0.1) is 0 Å². The summed E-state index contributed by atoms with van der Waals surface area (Å²) >= 11 is 0. The van der Waals surface area contributed by atoms with Crippen LogP contribution in [0.3, 0.4) is 0 Å². The van der Waals surface area contributed by atoms with Crippen LogP contribution in [0.5, 0.6) is 11.6 Å². The molecule has 1 aromatic heterocycles. The Bertz CT molecular complexity index is 1730. The number of ether oxygens (including phenoxy) is 3. The fourth-order valence-corrected chi connectivity index (χ4v) is 6.55. The van der Waals surface area contributed by atoms with E-state index in [9.17, 15) is 18.8 Å². The monoisotopic (exact) mass is 645 g/mol. The predicted octanol–water partition coefficient (Wildman–Crippen LogP) is 4.80. The number of methoxy groups -OCH3 is 1. The van der Waals surface area contributed by atoms with Crippen LogP contribution in [0, 0.1) is 18.7 Å². The smallest absolute Gasteiger partial charge is 0.332 e. The third-order valence-electron chi connectivity index (χ3n) is 9.24. The number of benzene rings is 2. The summed E-state index contributed by atoms with van der Waals surface area (Å²) in [5, 5.41) is 3.58. The number of rotatable bonds is 6. The van der Waals surface area contributed by atoms with Crippen molar-refractivity contribution in [2.24, 2.45) is 5.92 Å². The minimum Gasteiger partial charge on any atom is -0.496 e. The molecule has 3 aromatic rings. The Morgan fingerprint density at radius 1 is 1.17 bits per heavy atom. The zero-order valence-electron chi connectivity index (χ0n) is 27.1. The SMILES string of the molecule is CCOC(=O)[C@@]12C[C@H]1C=CCCCCN(C)C(=O)N1C[C@H](Oc3nc(-c4cccc(F)c4)nc4c(C)c(OC)ccc34)C[C@H]1C(=O)N2. The summed E-state index contributed by atoms with van der Waals surface area (Å²) in [6, 6.07) is 8.40. The van der Waals surface area contributed by atoms with Gasteiger partial charge in [0.05, 0.1) is 31.2 Å². The second kappa shape index (κ2) is 13.2. The van der Waals surface area contributed by atoms with Gasteiger partial charge in [0.15, 0.2) is 5.82 Å². The minimum atomic E-state index is -1.16. The first kappa shape index (κ1) is 32.2. The van der Waals surface area contributed by atoms with Crippen molar-refractivity contribution >= 4 is 28.8 Å². The number of allylic oxidation sites excluding steroid dienone is 1. The quantitative estimate of drug-likeness (QED) is 0.300. The maximum atomic E-state index is 14.2. The molecule has 0 bridgehead atoms. The Labute approximate surface area is 273 Å². The van der Waals surface area contributed by atoms with Crippen molar-refractivity contribution in [3.05, 3.63) is 59.9 Å². The number of hydrogen-bond donors (Lipinski definition) is 1. The molecule has 2 fully saturated rings. The number of hydrogen-bond acceptors (Lipinski definition) is 8. The highest BCUT2D eigenvalue weighted by atomic mass is 19.1. The molecule has 248 valence electrons. The van der Waals surface area contributed by atoms with E-state index in [-0.39, 0.29) is 43.2 Å². The Balaban J connectivity index is 1.35. The molecule has 3 aliphatic rings. The zero-order chi connectivity index (χ0) is 33.3. The molecule has 0 unspecified atom stereocenters. The van der Waals surface area contributed by atoms with Gasteiger partial charge < -0.3 is 29.3 Å². The van der Waals surface area contributed by atoms with Crippen LogP contribution in [0.4, 0.5) is 9.18 Å². The van der Waals surface area contributed by atoms with Crippen molar-refractivity contribution in [3.63, 3.8) is 0 Å². The van der Waals surface area contributed by atoms with Crippen LogP contribution in [0.25, 0.3) is 22.3 Å². The molecule has 3 amide bonds. The second-order valence-corrected chi connectivity index (χ2v) is 12.4. The summed E-state index contributed by atoms with van der Waals surface area (Å²) in [5.41, 5.74) is 0.637. The fourth-order valence-electron chi connectivity index (χ4n) is 6.55. The molecule has 0 radical (unpaired) electrons. The number of carbonyl (C=O) groups excluding carboxylic acids is 3. The summed E-state index contributed by atoms with van der Waals surface area (Å²) in [6.45, 7) is 4.45. The number of carbonyl (C=O) groups is 3. The molecular formula is C35H40FN5O6. The van der Waals surface area contributed by atoms with Crippen LogP contribution in [0.1, 0.15) is 44.6 Å². The third kappa shape index (κ3) is 6.33. The molecule has 2 aromatic carbocycles. The van der Waals surface area contributed by atoms with E-state index in [0.29, 0.717) is 35.2 Å². The normalized spacial score (nSPS) is 24.7. The van der Waals surface area contributed by atoms with Crippen LogP contribution in [0.15, 0.2) is 48.6 Å². The maximum absolute atomic E-state index is 14.2. The zero-order valence-corrected chi connectivity index (χ0v) is 27.1. The van der Waals surface area contributed by atoms with E-state index in [1.807, 2.05) is 19.1 Å². The first-order chi connectivity index (χ1) is 22.6. The first-order valence-corrected chi connectivity index (χ1v) is 16.1. The molecule has 12 heteroatoms. The Hall–Kier alpha value is -4.74. The van der Waals surface area contributed by atoms with Crippen molar-refractivity contribution in [2.45, 2.75) is 63.6 Å². The van der Waals surface area contributed by atoms with Gasteiger partial charge in [-0.1, -0.05) is 24.3 Å². The molecule has 3 heterocycles. The topological polar surface area (TPSA) is 123 Å². The van der Waals surface area contributed by atoms with E-state index in [4.69, 9.17) is 24.2 Å². The lowest BCUT2D eigenvalue weighted by atomic mass is 10.1. The molecule has 4 atom stereocenters. The van der Waals surface area contributed by atoms with Crippen molar-refractivity contribution < 1.29 is 33.0 Å². The molecule has 1 N–H and O–H groups in total. The molecule has 47 heavy (non-hydrogen) atoms. The van der Waals surface area contributed by atoms with E-state index in [1.54, 1.807) is 50.2 Å². The number of aryl methyl sites for hydroxylation is 1. The van der Waals surface area contributed by atoms with Crippen molar-refractivity contribution in [1.82, 2.24) is 25.1 Å². The number of nitrogens with zero attached hydrogens (tertiary/aromatic N) is 4. The summed E-state index contributed by atoms with van der Waals surface area (Å²) in [4.78, 5) is 53.4. The van der Waals surface area contributed by atoms with Crippen LogP contribution in [-0.2, 0) is 14.3 Å². The Morgan fingerprint density at radius 3 is 2.77 bits per heavy atom. The lowest BCUT2D eigenvalue weighted by Crippen LogP contribution is -2.55. The lowest BCUT2D eigenvalue weighted by molar-refractivity contribution is -0.149. The molecule has 1 saturated heterocycles. The third-order valence-corrected chi connectivity index (χ3v) is 9.24. The Kier molecular flexibility index (Phi) is 9.03. The minimum absolute atomic E-state index is 0.118. The molecule has 0 spiro atoms. The highest BCUT2D eigenvalue weighted by molar-refractivity contribution is 5.95. The second-order valence-electron chi connectivity index (χ2n) is 12.4. The van der Waals surface area contributed by atoms with E-state index in [1.165, 1.54) is 17.0 Å². The average Bonchev–Trinajstić information content (AvgIpc) is 3.59. The van der Waals surface area contributed by atoms with Gasteiger partial charge in [0.2, 0.25) is 11.8 Å². The molecule has 1 saturated carbocycles. The lowest BCUT2D eigenvalue weighted by Gasteiger charge is -2.30. The van der Waals surface area contributed by atoms with Crippen LogP contribution in [0.2, 0.25) is 0 Å². The summed E-state index contributed by atoms with van der Waals surface area (Å²) in [6.07, 6.45) is 6.50. The van der Waals surface area contributed by atoms with E-state index in [0.717, 1.165) is 24.8 Å². The number of urea groups is 1. The molecule has 1 aliphatic carbocycles. The highest BCUT2D eigenvalue weighted by Crippen LogP contribution is 2.46. The van der Waals surface area contributed by atoms with E-state index >= 15 is 0 Å². The molecule has 11 nitrogen and oxygen atoms in total. The van der Waals surface area contributed by atoms with E-state index < -0.39 is 35.4 Å². The number of aromatic nitrogens is 2.